The first-order chi connectivity index (χ1) is 19.0. The first-order valence-electron chi connectivity index (χ1n) is 12.2. The van der Waals surface area contributed by atoms with Crippen LogP contribution in [0.15, 0.2) is 75.9 Å². The third kappa shape index (κ3) is 4.43. The Morgan fingerprint density at radius 3 is 2.59 bits per heavy atom. The van der Waals surface area contributed by atoms with Crippen molar-refractivity contribution in [3.8, 4) is 11.5 Å². The summed E-state index contributed by atoms with van der Waals surface area (Å²) in [5.74, 6) is 0.495. The highest BCUT2D eigenvalue weighted by molar-refractivity contribution is 7.15. The van der Waals surface area contributed by atoms with Gasteiger partial charge < -0.3 is 13.9 Å². The summed E-state index contributed by atoms with van der Waals surface area (Å²) < 4.78 is 17.7. The number of amides is 1. The Hall–Kier alpha value is -4.21. The minimum absolute atomic E-state index is 0.0311. The quantitative estimate of drug-likeness (QED) is 0.234. The summed E-state index contributed by atoms with van der Waals surface area (Å²) in [6.45, 7) is 2.32. The molecule has 3 aromatic carbocycles. The van der Waals surface area contributed by atoms with Crippen molar-refractivity contribution in [1.29, 1.82) is 0 Å². The molecule has 5 aromatic rings. The maximum Gasteiger partial charge on any atom is 0.297 e. The number of rotatable bonds is 7. The van der Waals surface area contributed by atoms with Crippen molar-refractivity contribution < 1.29 is 18.7 Å². The molecular weight excluding hydrogens is 538 g/mol. The standard InChI is InChI=1S/C29H22ClN3O5S/c1-3-23-31-32-29(39-23)33-25(24-26(34)19-14-18(30)10-12-20(19)38-27(24)28(33)35)17-9-11-21(22(13-17)36-2)37-15-16-7-5-4-6-8-16/h4-14,25H,3,15H2,1-2H3/t25-/m1/s1. The van der Waals surface area contributed by atoms with E-state index >= 15 is 0 Å². The van der Waals surface area contributed by atoms with Gasteiger partial charge in [-0.15, -0.1) is 10.2 Å². The molecule has 196 valence electrons. The van der Waals surface area contributed by atoms with Gasteiger partial charge in [0.15, 0.2) is 16.9 Å². The fraction of sp³-hybridized carbons (Fsp3) is 0.172. The Balaban J connectivity index is 1.49. The van der Waals surface area contributed by atoms with Gasteiger partial charge in [-0.1, -0.05) is 66.3 Å². The summed E-state index contributed by atoms with van der Waals surface area (Å²) in [5, 5.41) is 10.3. The predicted octanol–water partition coefficient (Wildman–Crippen LogP) is 6.20. The summed E-state index contributed by atoms with van der Waals surface area (Å²) in [5.41, 5.74) is 1.80. The van der Waals surface area contributed by atoms with Crippen molar-refractivity contribution in [3.63, 3.8) is 0 Å². The lowest BCUT2D eigenvalue weighted by Gasteiger charge is -2.23. The number of hydrogen-bond donors (Lipinski definition) is 0. The van der Waals surface area contributed by atoms with Crippen molar-refractivity contribution in [2.24, 2.45) is 0 Å². The topological polar surface area (TPSA) is 94.8 Å². The summed E-state index contributed by atoms with van der Waals surface area (Å²) in [4.78, 5) is 29.1. The van der Waals surface area contributed by atoms with Gasteiger partial charge in [0.2, 0.25) is 10.9 Å². The monoisotopic (exact) mass is 559 g/mol. The number of benzene rings is 3. The number of halogens is 1. The molecule has 8 nitrogen and oxygen atoms in total. The van der Waals surface area contributed by atoms with Crippen LogP contribution in [0.5, 0.6) is 11.5 Å². The van der Waals surface area contributed by atoms with Gasteiger partial charge in [0.25, 0.3) is 5.91 Å². The number of carbonyl (C=O) groups excluding carboxylic acids is 1. The molecule has 0 spiro atoms. The van der Waals surface area contributed by atoms with E-state index in [4.69, 9.17) is 25.5 Å². The van der Waals surface area contributed by atoms with Gasteiger partial charge in [-0.25, -0.2) is 0 Å². The van der Waals surface area contributed by atoms with Crippen LogP contribution in [0.4, 0.5) is 5.13 Å². The SMILES string of the molecule is CCc1nnc(N2C(=O)c3oc4ccc(Cl)cc4c(=O)c3[C@H]2c2ccc(OCc3ccccc3)c(OC)c2)s1. The molecule has 0 fully saturated rings. The van der Waals surface area contributed by atoms with Gasteiger partial charge >= 0.3 is 0 Å². The summed E-state index contributed by atoms with van der Waals surface area (Å²) in [6.07, 6.45) is 0.665. The van der Waals surface area contributed by atoms with Crippen LogP contribution < -0.4 is 19.8 Å². The number of aromatic nitrogens is 2. The molecule has 1 aliphatic heterocycles. The molecule has 39 heavy (non-hydrogen) atoms. The smallest absolute Gasteiger partial charge is 0.297 e. The van der Waals surface area contributed by atoms with Gasteiger partial charge in [-0.2, -0.15) is 0 Å². The molecule has 0 aliphatic carbocycles. The van der Waals surface area contributed by atoms with Gasteiger partial charge in [0, 0.05) is 5.02 Å². The normalized spacial score (nSPS) is 14.6. The first-order valence-corrected chi connectivity index (χ1v) is 13.4. The molecule has 10 heteroatoms. The van der Waals surface area contributed by atoms with Crippen LogP contribution in [0.1, 0.15) is 45.2 Å². The second-order valence-electron chi connectivity index (χ2n) is 8.91. The lowest BCUT2D eigenvalue weighted by Crippen LogP contribution is -2.29. The number of anilines is 1. The lowest BCUT2D eigenvalue weighted by molar-refractivity contribution is 0.0970. The number of nitrogens with zero attached hydrogens (tertiary/aromatic N) is 3. The highest BCUT2D eigenvalue weighted by Crippen LogP contribution is 2.44. The van der Waals surface area contributed by atoms with E-state index in [0.29, 0.717) is 45.6 Å². The van der Waals surface area contributed by atoms with Crippen LogP contribution in [0, 0.1) is 0 Å². The van der Waals surface area contributed by atoms with E-state index in [1.807, 2.05) is 43.3 Å². The third-order valence-corrected chi connectivity index (χ3v) is 7.84. The fourth-order valence-electron chi connectivity index (χ4n) is 4.65. The van der Waals surface area contributed by atoms with Crippen LogP contribution in [0.3, 0.4) is 0 Å². The van der Waals surface area contributed by atoms with E-state index in [0.717, 1.165) is 10.6 Å². The third-order valence-electron chi connectivity index (χ3n) is 6.54. The van der Waals surface area contributed by atoms with Gasteiger partial charge in [-0.05, 0) is 47.9 Å². The minimum Gasteiger partial charge on any atom is -0.493 e. The van der Waals surface area contributed by atoms with Crippen LogP contribution >= 0.6 is 22.9 Å². The van der Waals surface area contributed by atoms with Crippen LogP contribution in [-0.2, 0) is 13.0 Å². The molecule has 0 saturated carbocycles. The molecule has 0 radical (unpaired) electrons. The highest BCUT2D eigenvalue weighted by Gasteiger charge is 2.45. The number of methoxy groups -OCH3 is 1. The Morgan fingerprint density at radius 1 is 1.03 bits per heavy atom. The Kier molecular flexibility index (Phi) is 6.54. The largest absolute Gasteiger partial charge is 0.493 e. The van der Waals surface area contributed by atoms with Gasteiger partial charge in [-0.3, -0.25) is 14.5 Å². The number of hydrogen-bond acceptors (Lipinski definition) is 8. The Morgan fingerprint density at radius 2 is 1.85 bits per heavy atom. The maximum atomic E-state index is 13.8. The Labute approximate surface area is 232 Å². The van der Waals surface area contributed by atoms with E-state index in [-0.39, 0.29) is 22.3 Å². The van der Waals surface area contributed by atoms with E-state index in [2.05, 4.69) is 10.2 Å². The van der Waals surface area contributed by atoms with E-state index in [1.54, 1.807) is 37.4 Å². The van der Waals surface area contributed by atoms with Crippen molar-refractivity contribution in [2.45, 2.75) is 26.0 Å². The zero-order valence-corrected chi connectivity index (χ0v) is 22.6. The number of aryl methyl sites for hydroxylation is 1. The fourth-order valence-corrected chi connectivity index (χ4v) is 5.63. The minimum atomic E-state index is -0.818. The molecule has 0 saturated heterocycles. The zero-order chi connectivity index (χ0) is 27.1. The van der Waals surface area contributed by atoms with E-state index in [9.17, 15) is 9.59 Å². The summed E-state index contributed by atoms with van der Waals surface area (Å²) in [6, 6.07) is 19.1. The second kappa shape index (κ2) is 10.2. The molecule has 3 heterocycles. The highest BCUT2D eigenvalue weighted by atomic mass is 35.5. The average molecular weight is 560 g/mol. The first kappa shape index (κ1) is 25.1. The number of fused-ring (bicyclic) bond motifs is 2. The second-order valence-corrected chi connectivity index (χ2v) is 10.4. The molecule has 1 amide bonds. The molecule has 0 N–H and O–H groups in total. The predicted molar refractivity (Wildman–Crippen MR) is 149 cm³/mol. The van der Waals surface area contributed by atoms with Crippen LogP contribution in [0.25, 0.3) is 11.0 Å². The average Bonchev–Trinajstić information content (AvgIpc) is 3.55. The van der Waals surface area contributed by atoms with Crippen molar-refractivity contribution >= 4 is 44.9 Å². The molecule has 6 rings (SSSR count). The maximum absolute atomic E-state index is 13.8. The Bertz CT molecular complexity index is 1770. The molecular formula is C29H22ClN3O5S. The number of carbonyl (C=O) groups is 1. The van der Waals surface area contributed by atoms with E-state index < -0.39 is 11.9 Å². The molecule has 0 unspecified atom stereocenters. The van der Waals surface area contributed by atoms with Crippen molar-refractivity contribution in [3.05, 3.63) is 109 Å². The summed E-state index contributed by atoms with van der Waals surface area (Å²) in [7, 11) is 1.54. The van der Waals surface area contributed by atoms with Gasteiger partial charge in [0.1, 0.15) is 17.2 Å². The zero-order valence-electron chi connectivity index (χ0n) is 21.0. The summed E-state index contributed by atoms with van der Waals surface area (Å²) >= 11 is 7.49. The van der Waals surface area contributed by atoms with E-state index in [1.165, 1.54) is 16.2 Å². The van der Waals surface area contributed by atoms with Crippen molar-refractivity contribution in [1.82, 2.24) is 10.2 Å². The molecule has 1 aliphatic rings. The van der Waals surface area contributed by atoms with Crippen LogP contribution in [0.2, 0.25) is 5.02 Å². The van der Waals surface area contributed by atoms with Crippen molar-refractivity contribution in [2.75, 3.05) is 12.0 Å². The molecule has 0 bridgehead atoms. The number of ether oxygens (including phenoxy) is 2. The van der Waals surface area contributed by atoms with Gasteiger partial charge in [0.05, 0.1) is 24.1 Å². The van der Waals surface area contributed by atoms with Crippen LogP contribution in [-0.4, -0.2) is 23.2 Å². The molecule has 2 aromatic heterocycles. The lowest BCUT2D eigenvalue weighted by atomic mass is 9.98. The molecule has 1 atom stereocenters.